The van der Waals surface area contributed by atoms with Gasteiger partial charge in [0.15, 0.2) is 0 Å². The van der Waals surface area contributed by atoms with Crippen molar-refractivity contribution in [3.05, 3.63) is 41.2 Å². The summed E-state index contributed by atoms with van der Waals surface area (Å²) < 4.78 is 10.4. The van der Waals surface area contributed by atoms with E-state index in [1.54, 1.807) is 31.2 Å². The minimum Gasteiger partial charge on any atom is -0.475 e. The van der Waals surface area contributed by atoms with Gasteiger partial charge >= 0.3 is 5.97 Å². The fraction of sp³-hybridized carbons (Fsp3) is 0.312. The van der Waals surface area contributed by atoms with E-state index in [9.17, 15) is 4.79 Å². The number of aromatic nitrogens is 2. The second-order valence-electron chi connectivity index (χ2n) is 4.81. The SMILES string of the molecule is CCOC(=O)c1ccc(-c2ccc(OC(C)C)nc2Cl)nc1. The van der Waals surface area contributed by atoms with Crippen molar-refractivity contribution < 1.29 is 14.3 Å². The Morgan fingerprint density at radius 1 is 1.27 bits per heavy atom. The second kappa shape index (κ2) is 7.22. The van der Waals surface area contributed by atoms with Crippen LogP contribution in [0.2, 0.25) is 5.15 Å². The molecule has 0 unspecified atom stereocenters. The van der Waals surface area contributed by atoms with Crippen molar-refractivity contribution in [2.75, 3.05) is 6.61 Å². The van der Waals surface area contributed by atoms with E-state index < -0.39 is 5.97 Å². The molecular weight excluding hydrogens is 304 g/mol. The van der Waals surface area contributed by atoms with Gasteiger partial charge in [-0.3, -0.25) is 4.98 Å². The molecule has 0 amide bonds. The Bertz CT molecular complexity index is 657. The molecule has 2 aromatic rings. The summed E-state index contributed by atoms with van der Waals surface area (Å²) in [5.74, 6) is 0.0679. The average Bonchev–Trinajstić information content (AvgIpc) is 2.47. The summed E-state index contributed by atoms with van der Waals surface area (Å²) in [6.07, 6.45) is 1.48. The van der Waals surface area contributed by atoms with E-state index in [0.717, 1.165) is 0 Å². The van der Waals surface area contributed by atoms with Crippen molar-refractivity contribution in [2.45, 2.75) is 26.9 Å². The highest BCUT2D eigenvalue weighted by molar-refractivity contribution is 6.32. The first-order chi connectivity index (χ1) is 10.5. The predicted octanol–water partition coefficient (Wildman–Crippen LogP) is 3.76. The van der Waals surface area contributed by atoms with Gasteiger partial charge in [-0.1, -0.05) is 11.6 Å². The van der Waals surface area contributed by atoms with Gasteiger partial charge in [-0.05, 0) is 39.0 Å². The summed E-state index contributed by atoms with van der Waals surface area (Å²) in [4.78, 5) is 20.0. The average molecular weight is 321 g/mol. The Labute approximate surface area is 134 Å². The lowest BCUT2D eigenvalue weighted by atomic mass is 10.1. The van der Waals surface area contributed by atoms with Gasteiger partial charge in [-0.15, -0.1) is 0 Å². The number of halogens is 1. The Morgan fingerprint density at radius 3 is 2.59 bits per heavy atom. The van der Waals surface area contributed by atoms with Crippen LogP contribution in [0.1, 0.15) is 31.1 Å². The molecule has 0 aliphatic rings. The summed E-state index contributed by atoms with van der Waals surface area (Å²) >= 11 is 6.18. The molecule has 0 saturated heterocycles. The van der Waals surface area contributed by atoms with E-state index in [1.807, 2.05) is 13.8 Å². The van der Waals surface area contributed by atoms with E-state index in [4.69, 9.17) is 21.1 Å². The largest absolute Gasteiger partial charge is 0.475 e. The van der Waals surface area contributed by atoms with Crippen LogP contribution in [0.25, 0.3) is 11.3 Å². The Kier molecular flexibility index (Phi) is 5.33. The van der Waals surface area contributed by atoms with Gasteiger partial charge in [0.25, 0.3) is 0 Å². The second-order valence-corrected chi connectivity index (χ2v) is 5.17. The topological polar surface area (TPSA) is 61.3 Å². The molecule has 0 fully saturated rings. The number of rotatable bonds is 5. The van der Waals surface area contributed by atoms with Crippen LogP contribution in [-0.2, 0) is 4.74 Å². The minimum atomic E-state index is -0.397. The number of carbonyl (C=O) groups excluding carboxylic acids is 1. The van der Waals surface area contributed by atoms with Crippen LogP contribution < -0.4 is 4.74 Å². The van der Waals surface area contributed by atoms with Gasteiger partial charge in [-0.2, -0.15) is 0 Å². The lowest BCUT2D eigenvalue weighted by Crippen LogP contribution is -2.07. The fourth-order valence-electron chi connectivity index (χ4n) is 1.80. The Balaban J connectivity index is 2.23. The maximum absolute atomic E-state index is 11.6. The van der Waals surface area contributed by atoms with Crippen molar-refractivity contribution >= 4 is 17.6 Å². The molecule has 2 rings (SSSR count). The van der Waals surface area contributed by atoms with Gasteiger partial charge in [0.05, 0.1) is 24.0 Å². The number of carbonyl (C=O) groups is 1. The van der Waals surface area contributed by atoms with Gasteiger partial charge < -0.3 is 9.47 Å². The highest BCUT2D eigenvalue weighted by Gasteiger charge is 2.11. The van der Waals surface area contributed by atoms with E-state index >= 15 is 0 Å². The molecule has 5 nitrogen and oxygen atoms in total. The molecule has 0 aliphatic carbocycles. The number of hydrogen-bond acceptors (Lipinski definition) is 5. The van der Waals surface area contributed by atoms with Crippen molar-refractivity contribution in [2.24, 2.45) is 0 Å². The molecule has 0 aliphatic heterocycles. The van der Waals surface area contributed by atoms with Crippen LogP contribution in [0, 0.1) is 0 Å². The highest BCUT2D eigenvalue weighted by atomic mass is 35.5. The zero-order chi connectivity index (χ0) is 16.1. The first-order valence-corrected chi connectivity index (χ1v) is 7.35. The third-order valence-corrected chi connectivity index (χ3v) is 3.02. The van der Waals surface area contributed by atoms with Gasteiger partial charge in [0.2, 0.25) is 5.88 Å². The molecule has 0 bridgehead atoms. The van der Waals surface area contributed by atoms with Crippen LogP contribution in [0.15, 0.2) is 30.5 Å². The van der Waals surface area contributed by atoms with Crippen LogP contribution in [-0.4, -0.2) is 28.6 Å². The normalized spacial score (nSPS) is 10.6. The number of hydrogen-bond donors (Lipinski definition) is 0. The predicted molar refractivity (Wildman–Crippen MR) is 84.2 cm³/mol. The van der Waals surface area contributed by atoms with E-state index in [1.165, 1.54) is 6.20 Å². The molecule has 2 heterocycles. The van der Waals surface area contributed by atoms with Gasteiger partial charge in [-0.25, -0.2) is 9.78 Å². The summed E-state index contributed by atoms with van der Waals surface area (Å²) in [5.41, 5.74) is 1.70. The molecule has 0 radical (unpaired) electrons. The fourth-order valence-corrected chi connectivity index (χ4v) is 2.05. The molecule has 0 aromatic carbocycles. The smallest absolute Gasteiger partial charge is 0.339 e. The summed E-state index contributed by atoms with van der Waals surface area (Å²) in [7, 11) is 0. The van der Waals surface area contributed by atoms with Gasteiger partial charge in [0, 0.05) is 17.8 Å². The molecule has 0 atom stereocenters. The molecule has 0 saturated carbocycles. The van der Waals surface area contributed by atoms with Crippen molar-refractivity contribution in [3.63, 3.8) is 0 Å². The highest BCUT2D eigenvalue weighted by Crippen LogP contribution is 2.27. The van der Waals surface area contributed by atoms with Crippen molar-refractivity contribution in [1.82, 2.24) is 9.97 Å². The molecule has 22 heavy (non-hydrogen) atoms. The lowest BCUT2D eigenvalue weighted by molar-refractivity contribution is 0.0526. The number of ether oxygens (including phenoxy) is 2. The summed E-state index contributed by atoms with van der Waals surface area (Å²) in [6, 6.07) is 6.88. The lowest BCUT2D eigenvalue weighted by Gasteiger charge is -2.10. The number of nitrogens with zero attached hydrogens (tertiary/aromatic N) is 2. The van der Waals surface area contributed by atoms with Crippen LogP contribution in [0.3, 0.4) is 0 Å². The van der Waals surface area contributed by atoms with Crippen LogP contribution in [0.5, 0.6) is 5.88 Å². The zero-order valence-corrected chi connectivity index (χ0v) is 13.4. The van der Waals surface area contributed by atoms with Gasteiger partial charge in [0.1, 0.15) is 5.15 Å². The quantitative estimate of drug-likeness (QED) is 0.620. The monoisotopic (exact) mass is 320 g/mol. The molecule has 2 aromatic heterocycles. The first kappa shape index (κ1) is 16.2. The summed E-state index contributed by atoms with van der Waals surface area (Å²) in [5, 5.41) is 0.300. The number of esters is 1. The third-order valence-electron chi connectivity index (χ3n) is 2.73. The maximum Gasteiger partial charge on any atom is 0.339 e. The van der Waals surface area contributed by atoms with Crippen molar-refractivity contribution in [3.8, 4) is 17.1 Å². The van der Waals surface area contributed by atoms with Crippen LogP contribution in [0.4, 0.5) is 0 Å². The van der Waals surface area contributed by atoms with Crippen LogP contribution >= 0.6 is 11.6 Å². The minimum absolute atomic E-state index is 0.0244. The van der Waals surface area contributed by atoms with E-state index in [-0.39, 0.29) is 6.10 Å². The third kappa shape index (κ3) is 3.95. The zero-order valence-electron chi connectivity index (χ0n) is 12.7. The Hall–Kier alpha value is -2.14. The standard InChI is InChI=1S/C16H17ClN2O3/c1-4-21-16(20)11-5-7-13(18-9-11)12-6-8-14(19-15(12)17)22-10(2)3/h5-10H,4H2,1-3H3. The first-order valence-electron chi connectivity index (χ1n) is 6.98. The number of pyridine rings is 2. The maximum atomic E-state index is 11.6. The molecule has 6 heteroatoms. The molecule has 116 valence electrons. The molecule has 0 spiro atoms. The molecular formula is C16H17ClN2O3. The summed E-state index contributed by atoms with van der Waals surface area (Å²) in [6.45, 7) is 5.91. The Morgan fingerprint density at radius 2 is 2.05 bits per heavy atom. The van der Waals surface area contributed by atoms with E-state index in [2.05, 4.69) is 9.97 Å². The van der Waals surface area contributed by atoms with E-state index in [0.29, 0.717) is 34.5 Å². The molecule has 0 N–H and O–H groups in total. The van der Waals surface area contributed by atoms with Crippen molar-refractivity contribution in [1.29, 1.82) is 0 Å².